The first kappa shape index (κ1) is 13.5. The average Bonchev–Trinajstić information content (AvgIpc) is 2.65. The van der Waals surface area contributed by atoms with E-state index in [-0.39, 0.29) is 18.8 Å². The minimum atomic E-state index is -1.06. The summed E-state index contributed by atoms with van der Waals surface area (Å²) in [5.41, 5.74) is -0.287. The summed E-state index contributed by atoms with van der Waals surface area (Å²) in [7, 11) is 0. The molecule has 102 valence electrons. The van der Waals surface area contributed by atoms with Crippen LogP contribution >= 0.6 is 0 Å². The van der Waals surface area contributed by atoms with Crippen LogP contribution in [0, 0.1) is 0 Å². The van der Waals surface area contributed by atoms with Gasteiger partial charge in [-0.15, -0.1) is 0 Å². The molecular formula is C14H17NO4. The quantitative estimate of drug-likeness (QED) is 0.850. The Labute approximate surface area is 111 Å². The standard InChI is InChI=1S/C14H17NO4/c1-14(2)15(13(17)18)11(9-19-14)8-12(16)10-6-4-3-5-7-10/h3-7,11H,8-9H2,1-2H3,(H,17,18). The highest BCUT2D eigenvalue weighted by molar-refractivity contribution is 5.96. The molecule has 1 amide bonds. The Balaban J connectivity index is 2.11. The summed E-state index contributed by atoms with van der Waals surface area (Å²) in [4.78, 5) is 24.6. The van der Waals surface area contributed by atoms with Gasteiger partial charge in [0.25, 0.3) is 0 Å². The molecule has 1 saturated heterocycles. The fourth-order valence-corrected chi connectivity index (χ4v) is 2.38. The van der Waals surface area contributed by atoms with Crippen molar-refractivity contribution < 1.29 is 19.4 Å². The highest BCUT2D eigenvalue weighted by Crippen LogP contribution is 2.29. The molecule has 0 saturated carbocycles. The van der Waals surface area contributed by atoms with Crippen LogP contribution < -0.4 is 0 Å². The maximum atomic E-state index is 12.1. The lowest BCUT2D eigenvalue weighted by molar-refractivity contribution is -0.0418. The molecular weight excluding hydrogens is 246 g/mol. The average molecular weight is 263 g/mol. The predicted molar refractivity (Wildman–Crippen MR) is 69.1 cm³/mol. The van der Waals surface area contributed by atoms with Gasteiger partial charge in [0.2, 0.25) is 0 Å². The molecule has 1 aromatic carbocycles. The van der Waals surface area contributed by atoms with E-state index in [1.54, 1.807) is 38.1 Å². The van der Waals surface area contributed by atoms with Crippen LogP contribution in [0.25, 0.3) is 0 Å². The van der Waals surface area contributed by atoms with E-state index in [2.05, 4.69) is 0 Å². The number of carbonyl (C=O) groups is 2. The van der Waals surface area contributed by atoms with Gasteiger partial charge in [0, 0.05) is 12.0 Å². The van der Waals surface area contributed by atoms with Gasteiger partial charge in [0.05, 0.1) is 12.6 Å². The highest BCUT2D eigenvalue weighted by Gasteiger charge is 2.44. The Kier molecular flexibility index (Phi) is 3.57. The smallest absolute Gasteiger partial charge is 0.409 e. The molecule has 1 aliphatic rings. The van der Waals surface area contributed by atoms with Gasteiger partial charge in [-0.05, 0) is 13.8 Å². The second-order valence-electron chi connectivity index (χ2n) is 5.06. The fourth-order valence-electron chi connectivity index (χ4n) is 2.38. The van der Waals surface area contributed by atoms with Gasteiger partial charge in [0.1, 0.15) is 5.72 Å². The second-order valence-corrected chi connectivity index (χ2v) is 5.06. The second kappa shape index (κ2) is 5.01. The van der Waals surface area contributed by atoms with Crippen LogP contribution in [-0.4, -0.2) is 40.3 Å². The van der Waals surface area contributed by atoms with Crippen molar-refractivity contribution in [2.75, 3.05) is 6.61 Å². The summed E-state index contributed by atoms with van der Waals surface area (Å²) in [5.74, 6) is -0.0712. The van der Waals surface area contributed by atoms with Crippen LogP contribution in [0.2, 0.25) is 0 Å². The molecule has 0 spiro atoms. The van der Waals surface area contributed by atoms with Crippen molar-refractivity contribution in [2.45, 2.75) is 32.0 Å². The number of hydrogen-bond acceptors (Lipinski definition) is 3. The summed E-state index contributed by atoms with van der Waals surface area (Å²) < 4.78 is 5.46. The number of hydrogen-bond donors (Lipinski definition) is 1. The minimum absolute atomic E-state index is 0.0712. The molecule has 2 rings (SSSR count). The Morgan fingerprint density at radius 3 is 2.58 bits per heavy atom. The summed E-state index contributed by atoms with van der Waals surface area (Å²) in [6.07, 6.45) is -0.923. The van der Waals surface area contributed by atoms with Crippen molar-refractivity contribution in [1.29, 1.82) is 0 Å². The summed E-state index contributed by atoms with van der Waals surface area (Å²) in [6.45, 7) is 3.63. The van der Waals surface area contributed by atoms with Crippen LogP contribution in [-0.2, 0) is 4.74 Å². The van der Waals surface area contributed by atoms with E-state index in [1.807, 2.05) is 6.07 Å². The first-order valence-electron chi connectivity index (χ1n) is 6.16. The molecule has 1 aliphatic heterocycles. The molecule has 1 N–H and O–H groups in total. The molecule has 0 aromatic heterocycles. The molecule has 1 fully saturated rings. The van der Waals surface area contributed by atoms with E-state index in [0.29, 0.717) is 5.56 Å². The number of nitrogens with zero attached hydrogens (tertiary/aromatic N) is 1. The van der Waals surface area contributed by atoms with Crippen molar-refractivity contribution >= 4 is 11.9 Å². The largest absolute Gasteiger partial charge is 0.465 e. The Bertz CT molecular complexity index is 483. The monoisotopic (exact) mass is 263 g/mol. The van der Waals surface area contributed by atoms with Gasteiger partial charge >= 0.3 is 6.09 Å². The normalized spacial score (nSPS) is 21.4. The third-order valence-corrected chi connectivity index (χ3v) is 3.30. The summed E-state index contributed by atoms with van der Waals surface area (Å²) >= 11 is 0. The van der Waals surface area contributed by atoms with Crippen LogP contribution in [0.15, 0.2) is 30.3 Å². The van der Waals surface area contributed by atoms with Crippen LogP contribution in [0.1, 0.15) is 30.6 Å². The van der Waals surface area contributed by atoms with Gasteiger partial charge in [-0.2, -0.15) is 0 Å². The van der Waals surface area contributed by atoms with Crippen molar-refractivity contribution in [3.05, 3.63) is 35.9 Å². The lowest BCUT2D eigenvalue weighted by atomic mass is 10.0. The number of rotatable bonds is 3. The highest BCUT2D eigenvalue weighted by atomic mass is 16.5. The van der Waals surface area contributed by atoms with Gasteiger partial charge < -0.3 is 9.84 Å². The maximum absolute atomic E-state index is 12.1. The van der Waals surface area contributed by atoms with Crippen molar-refractivity contribution in [2.24, 2.45) is 0 Å². The number of amides is 1. The molecule has 19 heavy (non-hydrogen) atoms. The minimum Gasteiger partial charge on any atom is -0.465 e. The number of Topliss-reactive ketones (excluding diaryl/α,β-unsaturated/α-hetero) is 1. The van der Waals surface area contributed by atoms with E-state index < -0.39 is 17.9 Å². The molecule has 0 bridgehead atoms. The SMILES string of the molecule is CC1(C)OCC(CC(=O)c2ccccc2)N1C(=O)O. The van der Waals surface area contributed by atoms with Crippen molar-refractivity contribution in [3.8, 4) is 0 Å². The third kappa shape index (κ3) is 2.76. The Morgan fingerprint density at radius 2 is 2.00 bits per heavy atom. The lowest BCUT2D eigenvalue weighted by Gasteiger charge is -2.30. The predicted octanol–water partition coefficient (Wildman–Crippen LogP) is 2.37. The fraction of sp³-hybridized carbons (Fsp3) is 0.429. The molecule has 1 aromatic rings. The first-order chi connectivity index (χ1) is 8.92. The third-order valence-electron chi connectivity index (χ3n) is 3.30. The summed E-state index contributed by atoms with van der Waals surface area (Å²) in [5, 5.41) is 9.24. The van der Waals surface area contributed by atoms with Gasteiger partial charge in [-0.3, -0.25) is 9.69 Å². The number of ketones is 1. The van der Waals surface area contributed by atoms with Crippen LogP contribution in [0.3, 0.4) is 0 Å². The zero-order chi connectivity index (χ0) is 14.0. The topological polar surface area (TPSA) is 66.8 Å². The van der Waals surface area contributed by atoms with Crippen molar-refractivity contribution in [1.82, 2.24) is 4.90 Å². The molecule has 5 heteroatoms. The molecule has 1 unspecified atom stereocenters. The van der Waals surface area contributed by atoms with E-state index in [0.717, 1.165) is 0 Å². The molecule has 1 heterocycles. The van der Waals surface area contributed by atoms with Gasteiger partial charge in [-0.25, -0.2) is 4.79 Å². The molecule has 0 aliphatic carbocycles. The van der Waals surface area contributed by atoms with E-state index >= 15 is 0 Å². The zero-order valence-corrected chi connectivity index (χ0v) is 11.0. The molecule has 0 radical (unpaired) electrons. The number of ether oxygens (including phenoxy) is 1. The van der Waals surface area contributed by atoms with Crippen LogP contribution in [0.4, 0.5) is 4.79 Å². The zero-order valence-electron chi connectivity index (χ0n) is 11.0. The first-order valence-corrected chi connectivity index (χ1v) is 6.16. The number of carbonyl (C=O) groups excluding carboxylic acids is 1. The maximum Gasteiger partial charge on any atom is 0.409 e. The summed E-state index contributed by atoms with van der Waals surface area (Å²) in [6, 6.07) is 8.44. The number of benzene rings is 1. The van der Waals surface area contributed by atoms with Crippen molar-refractivity contribution in [3.63, 3.8) is 0 Å². The lowest BCUT2D eigenvalue weighted by Crippen LogP contribution is -2.47. The number of carboxylic acid groups (broad SMARTS) is 1. The Morgan fingerprint density at radius 1 is 1.37 bits per heavy atom. The van der Waals surface area contributed by atoms with Gasteiger partial charge in [-0.1, -0.05) is 30.3 Å². The Hall–Kier alpha value is -1.88. The van der Waals surface area contributed by atoms with Crippen LogP contribution in [0.5, 0.6) is 0 Å². The van der Waals surface area contributed by atoms with E-state index in [9.17, 15) is 14.7 Å². The molecule has 1 atom stereocenters. The van der Waals surface area contributed by atoms with E-state index in [4.69, 9.17) is 4.74 Å². The van der Waals surface area contributed by atoms with Gasteiger partial charge in [0.15, 0.2) is 5.78 Å². The van der Waals surface area contributed by atoms with E-state index in [1.165, 1.54) is 4.90 Å². The molecule has 5 nitrogen and oxygen atoms in total.